The molecule has 1 N–H and O–H groups in total. The van der Waals surface area contributed by atoms with Crippen LogP contribution in [0.2, 0.25) is 0 Å². The first-order chi connectivity index (χ1) is 12.1. The zero-order valence-electron chi connectivity index (χ0n) is 13.8. The van der Waals surface area contributed by atoms with Crippen molar-refractivity contribution in [2.75, 3.05) is 0 Å². The minimum Gasteiger partial charge on any atom is -0.296 e. The van der Waals surface area contributed by atoms with E-state index < -0.39 is 12.8 Å². The second kappa shape index (κ2) is 7.03. The molecule has 0 fully saturated rings. The molecule has 4 nitrogen and oxygen atoms in total. The van der Waals surface area contributed by atoms with Crippen LogP contribution in [0.3, 0.4) is 0 Å². The summed E-state index contributed by atoms with van der Waals surface area (Å²) in [5.41, 5.74) is -0.660. The quantitative estimate of drug-likeness (QED) is 0.719. The number of nitrogens with zero attached hydrogens (tertiary/aromatic N) is 2. The smallest absolute Gasteiger partial charge is 0.206 e. The summed E-state index contributed by atoms with van der Waals surface area (Å²) >= 11 is 0. The maximum absolute atomic E-state index is 14.1. The summed E-state index contributed by atoms with van der Waals surface area (Å²) in [6.07, 6.45) is 1.63. The minimum absolute atomic E-state index is 0.532. The molecule has 3 rings (SSSR count). The average molecular weight is 347 g/mol. The molecule has 0 radical (unpaired) electrons. The van der Waals surface area contributed by atoms with E-state index in [1.165, 1.54) is 0 Å². The summed E-state index contributed by atoms with van der Waals surface area (Å²) < 4.78 is 14.1. The Morgan fingerprint density at radius 3 is 1.88 bits per heavy atom. The normalized spacial score (nSPS) is 13.6. The third-order valence-corrected chi connectivity index (χ3v) is 6.83. The zero-order chi connectivity index (χ0) is 17.8. The number of benzene rings is 2. The fraction of sp³-hybridized carbons (Fsp3) is 0.100. The SMILES string of the molecule is CC(C#N)(NP(=O)(c1ccccc1)c1ccccc1)c1ccccn1. The van der Waals surface area contributed by atoms with Crippen molar-refractivity contribution in [1.82, 2.24) is 10.1 Å². The second-order valence-corrected chi connectivity index (χ2v) is 8.32. The first-order valence-electron chi connectivity index (χ1n) is 7.92. The van der Waals surface area contributed by atoms with Crippen LogP contribution >= 0.6 is 7.29 Å². The van der Waals surface area contributed by atoms with Crippen molar-refractivity contribution in [3.05, 3.63) is 90.8 Å². The van der Waals surface area contributed by atoms with Gasteiger partial charge in [0.05, 0.1) is 11.8 Å². The van der Waals surface area contributed by atoms with E-state index in [-0.39, 0.29) is 0 Å². The Bertz CT molecular complexity index is 880. The number of rotatable bonds is 5. The van der Waals surface area contributed by atoms with Crippen molar-refractivity contribution in [3.63, 3.8) is 0 Å². The standard InChI is InChI=1S/C20H18N3OP/c1-20(16-21,19-14-8-9-15-22-19)23-25(24,17-10-4-2-5-11-17)18-12-6-3-7-13-18/h2-15H,1H3,(H,23,24). The molecule has 0 spiro atoms. The summed E-state index contributed by atoms with van der Waals surface area (Å²) in [6, 6.07) is 26.0. The molecule has 0 amide bonds. The van der Waals surface area contributed by atoms with Gasteiger partial charge in [0.25, 0.3) is 0 Å². The summed E-state index contributed by atoms with van der Waals surface area (Å²) in [4.78, 5) is 4.29. The van der Waals surface area contributed by atoms with E-state index >= 15 is 0 Å². The largest absolute Gasteiger partial charge is 0.296 e. The van der Waals surface area contributed by atoms with Crippen LogP contribution in [-0.2, 0) is 10.1 Å². The molecule has 1 atom stereocenters. The molecule has 0 aliphatic carbocycles. The van der Waals surface area contributed by atoms with Gasteiger partial charge in [-0.2, -0.15) is 5.26 Å². The molecule has 0 saturated carbocycles. The number of nitrogens with one attached hydrogen (secondary N) is 1. The van der Waals surface area contributed by atoms with Gasteiger partial charge in [-0.15, -0.1) is 0 Å². The van der Waals surface area contributed by atoms with Gasteiger partial charge < -0.3 is 0 Å². The number of nitriles is 1. The Balaban J connectivity index is 2.14. The number of hydrogen-bond acceptors (Lipinski definition) is 3. The molecule has 25 heavy (non-hydrogen) atoms. The van der Waals surface area contributed by atoms with Crippen LogP contribution in [0.1, 0.15) is 12.6 Å². The van der Waals surface area contributed by atoms with E-state index in [9.17, 15) is 9.83 Å². The lowest BCUT2D eigenvalue weighted by molar-refractivity contribution is 0.523. The Hall–Kier alpha value is -2.73. The predicted molar refractivity (Wildman–Crippen MR) is 100 cm³/mol. The number of hydrogen-bond donors (Lipinski definition) is 1. The maximum atomic E-state index is 14.1. The van der Waals surface area contributed by atoms with E-state index in [0.29, 0.717) is 16.3 Å². The van der Waals surface area contributed by atoms with E-state index in [2.05, 4.69) is 16.1 Å². The monoisotopic (exact) mass is 347 g/mol. The molecule has 124 valence electrons. The first kappa shape index (κ1) is 17.1. The molecule has 3 aromatic rings. The van der Waals surface area contributed by atoms with Crippen molar-refractivity contribution in [3.8, 4) is 6.07 Å². The topological polar surface area (TPSA) is 65.8 Å². The van der Waals surface area contributed by atoms with Crippen molar-refractivity contribution >= 4 is 17.9 Å². The Morgan fingerprint density at radius 1 is 0.920 bits per heavy atom. The fourth-order valence-electron chi connectivity index (χ4n) is 2.67. The van der Waals surface area contributed by atoms with E-state index in [0.717, 1.165) is 0 Å². The highest BCUT2D eigenvalue weighted by Gasteiger charge is 2.38. The molecule has 1 unspecified atom stereocenters. The van der Waals surface area contributed by atoms with Crippen molar-refractivity contribution in [2.45, 2.75) is 12.5 Å². The zero-order valence-corrected chi connectivity index (χ0v) is 14.7. The van der Waals surface area contributed by atoms with E-state index in [4.69, 9.17) is 0 Å². The summed E-state index contributed by atoms with van der Waals surface area (Å²) in [7, 11) is -3.24. The number of aromatic nitrogens is 1. The Morgan fingerprint density at radius 2 is 1.44 bits per heavy atom. The highest BCUT2D eigenvalue weighted by atomic mass is 31.2. The van der Waals surface area contributed by atoms with Crippen molar-refractivity contribution in [2.24, 2.45) is 0 Å². The molecule has 0 bridgehead atoms. The van der Waals surface area contributed by atoms with Crippen LogP contribution < -0.4 is 15.7 Å². The molecule has 5 heteroatoms. The van der Waals surface area contributed by atoms with Crippen molar-refractivity contribution < 1.29 is 4.57 Å². The molecule has 0 aliphatic heterocycles. The van der Waals surface area contributed by atoms with Gasteiger partial charge in [0.15, 0.2) is 5.54 Å². The maximum Gasteiger partial charge on any atom is 0.206 e. The van der Waals surface area contributed by atoms with Crippen LogP contribution in [0.5, 0.6) is 0 Å². The van der Waals surface area contributed by atoms with Gasteiger partial charge in [-0.25, -0.2) is 5.09 Å². The van der Waals surface area contributed by atoms with Gasteiger partial charge >= 0.3 is 0 Å². The third kappa shape index (κ3) is 3.39. The third-order valence-electron chi connectivity index (χ3n) is 4.02. The molecule has 0 aliphatic rings. The molecule has 2 aromatic carbocycles. The van der Waals surface area contributed by atoms with E-state index in [1.807, 2.05) is 66.7 Å². The van der Waals surface area contributed by atoms with Crippen molar-refractivity contribution in [1.29, 1.82) is 5.26 Å². The van der Waals surface area contributed by atoms with Gasteiger partial charge in [0.1, 0.15) is 0 Å². The lowest BCUT2D eigenvalue weighted by Crippen LogP contribution is -2.42. The van der Waals surface area contributed by atoms with Gasteiger partial charge in [-0.05, 0) is 43.3 Å². The molecule has 0 saturated heterocycles. The lowest BCUT2D eigenvalue weighted by atomic mass is 10.0. The van der Waals surface area contributed by atoms with Crippen LogP contribution in [0.4, 0.5) is 0 Å². The predicted octanol–water partition coefficient (Wildman–Crippen LogP) is 3.34. The minimum atomic E-state index is -3.24. The van der Waals surface area contributed by atoms with Crippen LogP contribution in [-0.4, -0.2) is 4.98 Å². The van der Waals surface area contributed by atoms with Gasteiger partial charge in [-0.1, -0.05) is 42.5 Å². The molecular weight excluding hydrogens is 329 g/mol. The van der Waals surface area contributed by atoms with E-state index in [1.54, 1.807) is 25.3 Å². The molecule has 1 heterocycles. The van der Waals surface area contributed by atoms with Crippen LogP contribution in [0.25, 0.3) is 0 Å². The first-order valence-corrected chi connectivity index (χ1v) is 9.63. The molecule has 1 aromatic heterocycles. The van der Waals surface area contributed by atoms with Gasteiger partial charge in [0.2, 0.25) is 7.29 Å². The highest BCUT2D eigenvalue weighted by Crippen LogP contribution is 2.43. The average Bonchev–Trinajstić information content (AvgIpc) is 2.70. The second-order valence-electron chi connectivity index (χ2n) is 5.84. The Kier molecular flexibility index (Phi) is 4.81. The summed E-state index contributed by atoms with van der Waals surface area (Å²) in [6.45, 7) is 1.70. The Labute approximate surface area is 147 Å². The van der Waals surface area contributed by atoms with Crippen LogP contribution in [0, 0.1) is 11.3 Å². The van der Waals surface area contributed by atoms with Crippen LogP contribution in [0.15, 0.2) is 85.1 Å². The summed E-state index contributed by atoms with van der Waals surface area (Å²) in [5.74, 6) is 0. The van der Waals surface area contributed by atoms with Gasteiger partial charge in [-0.3, -0.25) is 9.55 Å². The number of pyridine rings is 1. The lowest BCUT2D eigenvalue weighted by Gasteiger charge is -2.30. The summed E-state index contributed by atoms with van der Waals surface area (Å²) in [5, 5.41) is 14.3. The highest BCUT2D eigenvalue weighted by molar-refractivity contribution is 7.77. The molecular formula is C20H18N3OP. The fourth-order valence-corrected chi connectivity index (χ4v) is 5.20. The van der Waals surface area contributed by atoms with Gasteiger partial charge in [0, 0.05) is 16.8 Å².